The first kappa shape index (κ1) is 42.2. The lowest BCUT2D eigenvalue weighted by molar-refractivity contribution is -0.162. The average molecular weight is 856 g/mol. The van der Waals surface area contributed by atoms with Crippen LogP contribution in [-0.4, -0.2) is 47.1 Å². The summed E-state index contributed by atoms with van der Waals surface area (Å²) in [6, 6.07) is 61.6. The zero-order valence-electron chi connectivity index (χ0n) is 35.2. The maximum atomic E-state index is 7.80. The van der Waals surface area contributed by atoms with Gasteiger partial charge in [-0.15, -0.1) is 0 Å². The molecule has 4 atom stereocenters. The number of benzene rings is 6. The van der Waals surface area contributed by atoms with Crippen molar-refractivity contribution < 1.29 is 23.7 Å². The van der Waals surface area contributed by atoms with Crippen LogP contribution in [0.25, 0.3) is 11.0 Å². The van der Waals surface area contributed by atoms with Gasteiger partial charge in [-0.25, -0.2) is 9.97 Å². The van der Waals surface area contributed by atoms with Gasteiger partial charge in [-0.05, 0) is 58.0 Å². The van der Waals surface area contributed by atoms with Gasteiger partial charge in [0.25, 0.3) is 0 Å². The minimum absolute atomic E-state index is 0.230. The molecule has 9 rings (SSSR count). The van der Waals surface area contributed by atoms with E-state index in [4.69, 9.17) is 40.3 Å². The Kier molecular flexibility index (Phi) is 13.1. The minimum Gasteiger partial charge on any atom is -0.497 e. The number of methoxy groups -OCH3 is 1. The number of hydrogen-bond donors (Lipinski definition) is 0. The highest BCUT2D eigenvalue weighted by Gasteiger charge is 2.58. The zero-order valence-corrected chi connectivity index (χ0v) is 36.0. The van der Waals surface area contributed by atoms with Crippen LogP contribution in [0.5, 0.6) is 5.75 Å². The Balaban J connectivity index is 1.21. The maximum Gasteiger partial charge on any atom is 0.145 e. The highest BCUT2D eigenvalue weighted by molar-refractivity contribution is 6.33. The molecule has 6 aromatic carbocycles. The molecular weight excluding hydrogens is 806 g/mol. The van der Waals surface area contributed by atoms with Crippen LogP contribution in [0.3, 0.4) is 0 Å². The summed E-state index contributed by atoms with van der Waals surface area (Å²) in [5.41, 5.74) is 4.99. The first-order valence-corrected chi connectivity index (χ1v) is 21.7. The fourth-order valence-electron chi connectivity index (χ4n) is 9.10. The number of hydrogen-bond acceptors (Lipinski definition) is 7. The number of nitrogens with zero attached hydrogens (tertiary/aromatic N) is 3. The van der Waals surface area contributed by atoms with Gasteiger partial charge in [0.1, 0.15) is 34.6 Å². The van der Waals surface area contributed by atoms with E-state index >= 15 is 0 Å². The summed E-state index contributed by atoms with van der Waals surface area (Å²) in [5, 5.41) is 1.16. The van der Waals surface area contributed by atoms with Crippen molar-refractivity contribution in [3.05, 3.63) is 233 Å². The van der Waals surface area contributed by atoms with E-state index in [1.54, 1.807) is 7.11 Å². The molecule has 0 aliphatic heterocycles. The Morgan fingerprint density at radius 1 is 0.603 bits per heavy atom. The molecule has 0 unspecified atom stereocenters. The van der Waals surface area contributed by atoms with Crippen LogP contribution in [0.15, 0.2) is 195 Å². The molecule has 1 saturated carbocycles. The second kappa shape index (κ2) is 19.5. The SMILES string of the molecule is COc1ccc(C(OC[C@]2(COCc3ccccc3)C[C@@H](n3ccc4c(Cl)ncnc43)[C@H](OCc3ccccc3)[C@@H]2OCc2ccccc2)(c2ccccc2)c2ccccc2)cc1. The molecule has 2 aromatic heterocycles. The molecule has 63 heavy (non-hydrogen) atoms. The molecule has 0 spiro atoms. The van der Waals surface area contributed by atoms with E-state index in [0.717, 1.165) is 50.2 Å². The van der Waals surface area contributed by atoms with Crippen molar-refractivity contribution in [2.24, 2.45) is 5.41 Å². The molecule has 0 N–H and O–H groups in total. The summed E-state index contributed by atoms with van der Waals surface area (Å²) in [4.78, 5) is 9.09. The van der Waals surface area contributed by atoms with Gasteiger partial charge in [0.15, 0.2) is 0 Å². The van der Waals surface area contributed by atoms with Gasteiger partial charge in [0.05, 0.1) is 57.7 Å². The quantitative estimate of drug-likeness (QED) is 0.0628. The summed E-state index contributed by atoms with van der Waals surface area (Å²) >= 11 is 6.71. The molecule has 8 aromatic rings. The third-order valence-electron chi connectivity index (χ3n) is 12.2. The highest BCUT2D eigenvalue weighted by atomic mass is 35.5. The molecule has 0 saturated heterocycles. The van der Waals surface area contributed by atoms with Crippen LogP contribution in [0.4, 0.5) is 0 Å². The van der Waals surface area contributed by atoms with Crippen molar-refractivity contribution in [2.45, 2.75) is 50.1 Å². The Bertz CT molecular complexity index is 2610. The Hall–Kier alpha value is -6.13. The summed E-state index contributed by atoms with van der Waals surface area (Å²) < 4.78 is 37.0. The van der Waals surface area contributed by atoms with Gasteiger partial charge in [0.2, 0.25) is 0 Å². The van der Waals surface area contributed by atoms with E-state index in [0.29, 0.717) is 38.0 Å². The molecule has 318 valence electrons. The van der Waals surface area contributed by atoms with E-state index in [-0.39, 0.29) is 12.6 Å². The standard InChI is InChI=1S/C54H50ClN3O5/c1-59-46-29-27-45(28-30-46)54(43-23-13-5-14-24-43,44-25-15-6-16-26-44)63-38-53(37-60-34-40-17-7-2-8-18-40)33-48(58-32-31-47-51(55)56-39-57-52(47)58)49(61-35-41-19-9-3-10-20-41)50(53)62-36-42-21-11-4-12-22-42/h2-32,39,48-50H,33-38H2,1H3/t48-,49+,50+,53-/m1/s1. The van der Waals surface area contributed by atoms with Crippen LogP contribution >= 0.6 is 11.6 Å². The summed E-state index contributed by atoms with van der Waals surface area (Å²) in [6.07, 6.45) is 3.11. The van der Waals surface area contributed by atoms with E-state index < -0.39 is 23.2 Å². The maximum absolute atomic E-state index is 7.80. The van der Waals surface area contributed by atoms with Crippen molar-refractivity contribution in [2.75, 3.05) is 20.3 Å². The van der Waals surface area contributed by atoms with Crippen molar-refractivity contribution in [1.29, 1.82) is 0 Å². The largest absolute Gasteiger partial charge is 0.497 e. The second-order valence-corrected chi connectivity index (χ2v) is 16.5. The Morgan fingerprint density at radius 2 is 1.13 bits per heavy atom. The topological polar surface area (TPSA) is 76.9 Å². The van der Waals surface area contributed by atoms with Gasteiger partial charge < -0.3 is 28.3 Å². The molecule has 0 bridgehead atoms. The fourth-order valence-corrected chi connectivity index (χ4v) is 9.30. The van der Waals surface area contributed by atoms with Crippen molar-refractivity contribution in [3.8, 4) is 5.75 Å². The van der Waals surface area contributed by atoms with Crippen LogP contribution in [0, 0.1) is 5.41 Å². The minimum atomic E-state index is -1.05. The van der Waals surface area contributed by atoms with Gasteiger partial charge in [-0.3, -0.25) is 0 Å². The van der Waals surface area contributed by atoms with Crippen molar-refractivity contribution in [3.63, 3.8) is 0 Å². The predicted octanol–water partition coefficient (Wildman–Crippen LogP) is 11.4. The molecule has 1 aliphatic carbocycles. The van der Waals surface area contributed by atoms with Gasteiger partial charge in [-0.2, -0.15) is 0 Å². The normalized spacial score (nSPS) is 18.7. The second-order valence-electron chi connectivity index (χ2n) is 16.1. The Labute approximate surface area is 374 Å². The van der Waals surface area contributed by atoms with E-state index in [1.807, 2.05) is 91.1 Å². The number of halogens is 1. The van der Waals surface area contributed by atoms with E-state index in [2.05, 4.69) is 107 Å². The lowest BCUT2D eigenvalue weighted by atomic mass is 9.79. The molecule has 1 aliphatic rings. The molecule has 8 nitrogen and oxygen atoms in total. The zero-order chi connectivity index (χ0) is 42.9. The summed E-state index contributed by atoms with van der Waals surface area (Å²) in [7, 11) is 1.68. The first-order valence-electron chi connectivity index (χ1n) is 21.4. The third-order valence-corrected chi connectivity index (χ3v) is 12.5. The molecule has 0 amide bonds. The van der Waals surface area contributed by atoms with E-state index in [9.17, 15) is 0 Å². The lowest BCUT2D eigenvalue weighted by Gasteiger charge is -2.42. The van der Waals surface area contributed by atoms with E-state index in [1.165, 1.54) is 6.33 Å². The lowest BCUT2D eigenvalue weighted by Crippen LogP contribution is -2.48. The smallest absolute Gasteiger partial charge is 0.145 e. The molecule has 9 heteroatoms. The van der Waals surface area contributed by atoms with Gasteiger partial charge >= 0.3 is 0 Å². The third kappa shape index (κ3) is 9.05. The molecule has 0 radical (unpaired) electrons. The van der Waals surface area contributed by atoms with Crippen LogP contribution in [0.1, 0.15) is 45.8 Å². The van der Waals surface area contributed by atoms with Crippen LogP contribution in [0.2, 0.25) is 5.15 Å². The Morgan fingerprint density at radius 3 is 1.70 bits per heavy atom. The van der Waals surface area contributed by atoms with Gasteiger partial charge in [0, 0.05) is 11.6 Å². The monoisotopic (exact) mass is 855 g/mol. The van der Waals surface area contributed by atoms with Crippen molar-refractivity contribution >= 4 is 22.6 Å². The average Bonchev–Trinajstić information content (AvgIpc) is 3.92. The highest BCUT2D eigenvalue weighted by Crippen LogP contribution is 2.52. The van der Waals surface area contributed by atoms with Gasteiger partial charge in [-0.1, -0.05) is 175 Å². The molecular formula is C54H50ClN3O5. The van der Waals surface area contributed by atoms with Crippen LogP contribution < -0.4 is 4.74 Å². The van der Waals surface area contributed by atoms with Crippen molar-refractivity contribution in [1.82, 2.24) is 14.5 Å². The van der Waals surface area contributed by atoms with Crippen LogP contribution in [-0.2, 0) is 44.4 Å². The molecule has 2 heterocycles. The number of aromatic nitrogens is 3. The number of fused-ring (bicyclic) bond motifs is 1. The summed E-state index contributed by atoms with van der Waals surface area (Å²) in [6.45, 7) is 1.66. The predicted molar refractivity (Wildman–Crippen MR) is 246 cm³/mol. The first-order chi connectivity index (χ1) is 31.1. The summed E-state index contributed by atoms with van der Waals surface area (Å²) in [5.74, 6) is 0.758. The number of ether oxygens (including phenoxy) is 5. The number of rotatable bonds is 18. The fraction of sp³-hybridized carbons (Fsp3) is 0.222. The molecule has 1 fully saturated rings.